The summed E-state index contributed by atoms with van der Waals surface area (Å²) >= 11 is 0. The lowest BCUT2D eigenvalue weighted by molar-refractivity contribution is -0.131. The van der Waals surface area contributed by atoms with Crippen molar-refractivity contribution in [3.8, 4) is 5.75 Å². The molecule has 20 heavy (non-hydrogen) atoms. The highest BCUT2D eigenvalue weighted by Gasteiger charge is 2.24. The molecule has 2 amide bonds. The summed E-state index contributed by atoms with van der Waals surface area (Å²) in [6, 6.07) is 5.63. The first-order valence-electron chi connectivity index (χ1n) is 6.79. The Bertz CT molecular complexity index is 528. The van der Waals surface area contributed by atoms with Crippen molar-refractivity contribution >= 4 is 17.5 Å². The van der Waals surface area contributed by atoms with Gasteiger partial charge in [-0.15, -0.1) is 0 Å². The lowest BCUT2D eigenvalue weighted by Gasteiger charge is -2.31. The summed E-state index contributed by atoms with van der Waals surface area (Å²) in [5.41, 5.74) is 1.80. The van der Waals surface area contributed by atoms with Crippen LogP contribution in [0.2, 0.25) is 0 Å². The summed E-state index contributed by atoms with van der Waals surface area (Å²) in [7, 11) is 1.61. The zero-order valence-electron chi connectivity index (χ0n) is 12.2. The molecule has 0 spiro atoms. The Morgan fingerprint density at radius 2 is 2.15 bits per heavy atom. The monoisotopic (exact) mass is 276 g/mol. The first kappa shape index (κ1) is 14.4. The molecule has 0 aromatic heterocycles. The van der Waals surface area contributed by atoms with E-state index in [1.165, 1.54) is 6.92 Å². The highest BCUT2D eigenvalue weighted by atomic mass is 16.5. The molecule has 1 aliphatic rings. The Morgan fingerprint density at radius 1 is 1.40 bits per heavy atom. The number of benzene rings is 1. The number of nitrogens with zero attached hydrogens (tertiary/aromatic N) is 2. The van der Waals surface area contributed by atoms with Gasteiger partial charge in [-0.05, 0) is 30.7 Å². The van der Waals surface area contributed by atoms with E-state index in [-0.39, 0.29) is 11.8 Å². The lowest BCUT2D eigenvalue weighted by Crippen LogP contribution is -2.39. The van der Waals surface area contributed by atoms with E-state index in [0.717, 1.165) is 17.0 Å². The number of anilines is 1. The number of hydrogen-bond donors (Lipinski definition) is 0. The van der Waals surface area contributed by atoms with Crippen LogP contribution in [0.25, 0.3) is 0 Å². The maximum absolute atomic E-state index is 12.1. The van der Waals surface area contributed by atoms with Gasteiger partial charge >= 0.3 is 0 Å². The molecule has 0 fully saturated rings. The SMILES string of the molecule is CCN1Cc2cc(OC)ccc2N(C(C)=O)CCC1=O. The third-order valence-corrected chi connectivity index (χ3v) is 3.60. The van der Waals surface area contributed by atoms with E-state index in [4.69, 9.17) is 4.74 Å². The van der Waals surface area contributed by atoms with Crippen LogP contribution in [-0.2, 0) is 16.1 Å². The van der Waals surface area contributed by atoms with Crippen LogP contribution < -0.4 is 9.64 Å². The summed E-state index contributed by atoms with van der Waals surface area (Å²) in [5.74, 6) is 0.762. The molecule has 1 aromatic rings. The molecule has 0 bridgehead atoms. The Hall–Kier alpha value is -2.04. The summed E-state index contributed by atoms with van der Waals surface area (Å²) in [6.07, 6.45) is 0.360. The molecule has 1 aliphatic heterocycles. The molecule has 0 saturated heterocycles. The third-order valence-electron chi connectivity index (χ3n) is 3.60. The predicted octanol–water partition coefficient (Wildman–Crippen LogP) is 1.80. The van der Waals surface area contributed by atoms with Crippen LogP contribution in [-0.4, -0.2) is 36.9 Å². The van der Waals surface area contributed by atoms with Crippen LogP contribution in [0.1, 0.15) is 25.8 Å². The number of fused-ring (bicyclic) bond motifs is 1. The number of carbonyl (C=O) groups excluding carboxylic acids is 2. The Balaban J connectivity index is 2.47. The molecule has 5 nitrogen and oxygen atoms in total. The molecule has 5 heteroatoms. The summed E-state index contributed by atoms with van der Waals surface area (Å²) < 4.78 is 5.24. The number of rotatable bonds is 2. The Kier molecular flexibility index (Phi) is 4.27. The van der Waals surface area contributed by atoms with Crippen LogP contribution >= 0.6 is 0 Å². The molecule has 1 aromatic carbocycles. The number of ether oxygens (including phenoxy) is 1. The van der Waals surface area contributed by atoms with Crippen molar-refractivity contribution in [3.63, 3.8) is 0 Å². The van der Waals surface area contributed by atoms with Gasteiger partial charge in [0.05, 0.1) is 7.11 Å². The van der Waals surface area contributed by atoms with E-state index in [0.29, 0.717) is 26.1 Å². The first-order valence-corrected chi connectivity index (χ1v) is 6.79. The molecule has 0 unspecified atom stereocenters. The molecule has 2 rings (SSSR count). The van der Waals surface area contributed by atoms with Crippen molar-refractivity contribution in [3.05, 3.63) is 23.8 Å². The van der Waals surface area contributed by atoms with Crippen molar-refractivity contribution < 1.29 is 14.3 Å². The van der Waals surface area contributed by atoms with Gasteiger partial charge in [0.15, 0.2) is 0 Å². The van der Waals surface area contributed by atoms with Gasteiger partial charge in [-0.3, -0.25) is 9.59 Å². The second kappa shape index (κ2) is 5.94. The van der Waals surface area contributed by atoms with Crippen LogP contribution in [0.15, 0.2) is 18.2 Å². The van der Waals surface area contributed by atoms with Crippen molar-refractivity contribution in [2.24, 2.45) is 0 Å². The van der Waals surface area contributed by atoms with Gasteiger partial charge in [0, 0.05) is 38.7 Å². The van der Waals surface area contributed by atoms with E-state index in [9.17, 15) is 9.59 Å². The van der Waals surface area contributed by atoms with E-state index in [2.05, 4.69) is 0 Å². The van der Waals surface area contributed by atoms with Gasteiger partial charge < -0.3 is 14.5 Å². The zero-order chi connectivity index (χ0) is 14.7. The summed E-state index contributed by atoms with van der Waals surface area (Å²) in [5, 5.41) is 0. The molecule has 0 saturated carbocycles. The second-order valence-electron chi connectivity index (χ2n) is 4.82. The van der Waals surface area contributed by atoms with Gasteiger partial charge in [0.25, 0.3) is 0 Å². The van der Waals surface area contributed by atoms with Gasteiger partial charge in [0.1, 0.15) is 5.75 Å². The van der Waals surface area contributed by atoms with Gasteiger partial charge in [0.2, 0.25) is 11.8 Å². The van der Waals surface area contributed by atoms with Crippen LogP contribution in [0, 0.1) is 0 Å². The minimum absolute atomic E-state index is 0.0471. The second-order valence-corrected chi connectivity index (χ2v) is 4.82. The molecule has 0 radical (unpaired) electrons. The number of carbonyl (C=O) groups is 2. The number of amides is 2. The fourth-order valence-corrected chi connectivity index (χ4v) is 2.47. The smallest absolute Gasteiger partial charge is 0.224 e. The average molecular weight is 276 g/mol. The van der Waals surface area contributed by atoms with Crippen LogP contribution in [0.4, 0.5) is 5.69 Å². The molecule has 0 aliphatic carbocycles. The molecule has 0 atom stereocenters. The van der Waals surface area contributed by atoms with E-state index in [1.807, 2.05) is 25.1 Å². The Labute approximate surface area is 119 Å². The summed E-state index contributed by atoms with van der Waals surface area (Å²) in [6.45, 7) is 5.07. The largest absolute Gasteiger partial charge is 0.497 e. The first-order chi connectivity index (χ1) is 9.56. The minimum Gasteiger partial charge on any atom is -0.497 e. The summed E-state index contributed by atoms with van der Waals surface area (Å²) in [4.78, 5) is 27.4. The van der Waals surface area contributed by atoms with E-state index >= 15 is 0 Å². The van der Waals surface area contributed by atoms with Crippen molar-refractivity contribution in [2.75, 3.05) is 25.1 Å². The van der Waals surface area contributed by atoms with Gasteiger partial charge in [-0.25, -0.2) is 0 Å². The van der Waals surface area contributed by atoms with Gasteiger partial charge in [-0.1, -0.05) is 0 Å². The fourth-order valence-electron chi connectivity index (χ4n) is 2.47. The van der Waals surface area contributed by atoms with Crippen molar-refractivity contribution in [1.82, 2.24) is 4.90 Å². The maximum atomic E-state index is 12.1. The normalized spacial score (nSPS) is 15.4. The Morgan fingerprint density at radius 3 is 2.75 bits per heavy atom. The van der Waals surface area contributed by atoms with Crippen molar-refractivity contribution in [1.29, 1.82) is 0 Å². The quantitative estimate of drug-likeness (QED) is 0.827. The predicted molar refractivity (Wildman–Crippen MR) is 76.7 cm³/mol. The number of methoxy groups -OCH3 is 1. The average Bonchev–Trinajstić information content (AvgIpc) is 2.43. The molecular weight excluding hydrogens is 256 g/mol. The molecular formula is C15H20N2O3. The maximum Gasteiger partial charge on any atom is 0.224 e. The molecule has 0 N–H and O–H groups in total. The molecule has 1 heterocycles. The number of hydrogen-bond acceptors (Lipinski definition) is 3. The van der Waals surface area contributed by atoms with Crippen LogP contribution in [0.3, 0.4) is 0 Å². The fraction of sp³-hybridized carbons (Fsp3) is 0.467. The van der Waals surface area contributed by atoms with Crippen LogP contribution in [0.5, 0.6) is 5.75 Å². The van der Waals surface area contributed by atoms with E-state index < -0.39 is 0 Å². The topological polar surface area (TPSA) is 49.9 Å². The minimum atomic E-state index is -0.0471. The highest BCUT2D eigenvalue weighted by molar-refractivity contribution is 5.93. The van der Waals surface area contributed by atoms with Crippen molar-refractivity contribution in [2.45, 2.75) is 26.8 Å². The van der Waals surface area contributed by atoms with E-state index in [1.54, 1.807) is 16.9 Å². The standard InChI is InChI=1S/C15H20N2O3/c1-4-16-10-12-9-13(20-3)5-6-14(12)17(11(2)18)8-7-15(16)19/h5-6,9H,4,7-8,10H2,1-3H3. The highest BCUT2D eigenvalue weighted by Crippen LogP contribution is 2.29. The zero-order valence-corrected chi connectivity index (χ0v) is 12.2. The molecule has 108 valence electrons. The third kappa shape index (κ3) is 2.76. The van der Waals surface area contributed by atoms with Gasteiger partial charge in [-0.2, -0.15) is 0 Å². The lowest BCUT2D eigenvalue weighted by atomic mass is 10.1.